The van der Waals surface area contributed by atoms with Crippen LogP contribution in [0.4, 0.5) is 0 Å². The fourth-order valence-electron chi connectivity index (χ4n) is 7.14. The van der Waals surface area contributed by atoms with Crippen molar-refractivity contribution in [2.24, 2.45) is 0 Å². The van der Waals surface area contributed by atoms with E-state index in [1.807, 2.05) is 0 Å². The molecule has 0 aliphatic rings. The summed E-state index contributed by atoms with van der Waals surface area (Å²) < 4.78 is 6.10. The third-order valence-corrected chi connectivity index (χ3v) is 9.55. The highest BCUT2D eigenvalue weighted by molar-refractivity contribution is 7.01. The molecule has 0 radical (unpaired) electrons. The molecule has 8 rings (SSSR count). The van der Waals surface area contributed by atoms with Gasteiger partial charge >= 0.3 is 0 Å². The minimum Gasteiger partial charge on any atom is -0.496 e. The van der Waals surface area contributed by atoms with E-state index in [2.05, 4.69) is 183 Å². The molecular formula is C46H35BO. The molecule has 0 aromatic heterocycles. The molecule has 0 saturated heterocycles. The second kappa shape index (κ2) is 12.7. The first-order chi connectivity index (χ1) is 23.7. The lowest BCUT2D eigenvalue weighted by Gasteiger charge is -2.26. The van der Waals surface area contributed by atoms with E-state index in [1.165, 1.54) is 59.8 Å². The lowest BCUT2D eigenvalue weighted by Crippen LogP contribution is -2.44. The molecule has 0 aliphatic carbocycles. The Morgan fingerprint density at radius 1 is 0.438 bits per heavy atom. The van der Waals surface area contributed by atoms with E-state index in [-0.39, 0.29) is 6.71 Å². The van der Waals surface area contributed by atoms with Gasteiger partial charge in [0.1, 0.15) is 5.75 Å². The smallest absolute Gasteiger partial charge is 0.242 e. The van der Waals surface area contributed by atoms with Gasteiger partial charge in [-0.3, -0.25) is 0 Å². The van der Waals surface area contributed by atoms with Gasteiger partial charge in [0.25, 0.3) is 0 Å². The second-order valence-corrected chi connectivity index (χ2v) is 12.6. The molecule has 0 saturated carbocycles. The van der Waals surface area contributed by atoms with Gasteiger partial charge in [-0.1, -0.05) is 186 Å². The number of rotatable bonds is 7. The van der Waals surface area contributed by atoms with Crippen LogP contribution in [0.2, 0.25) is 0 Å². The summed E-state index contributed by atoms with van der Waals surface area (Å²) >= 11 is 0. The topological polar surface area (TPSA) is 9.23 Å². The summed E-state index contributed by atoms with van der Waals surface area (Å²) in [5.74, 6) is 0.849. The molecule has 1 nitrogen and oxygen atoms in total. The molecular weight excluding hydrogens is 579 g/mol. The third kappa shape index (κ3) is 5.56. The Bertz CT molecular complexity index is 2380. The maximum atomic E-state index is 6.10. The van der Waals surface area contributed by atoms with Crippen molar-refractivity contribution in [3.63, 3.8) is 0 Å². The number of para-hydroxylation sites is 1. The van der Waals surface area contributed by atoms with Gasteiger partial charge < -0.3 is 4.74 Å². The molecule has 0 spiro atoms. The number of ether oxygens (including phenoxy) is 1. The van der Waals surface area contributed by atoms with Crippen LogP contribution in [-0.4, -0.2) is 13.8 Å². The zero-order chi connectivity index (χ0) is 32.5. The molecule has 228 valence electrons. The average Bonchev–Trinajstić information content (AvgIpc) is 3.15. The Morgan fingerprint density at radius 2 is 0.896 bits per heavy atom. The molecule has 8 aromatic rings. The number of methoxy groups -OCH3 is 1. The number of fused-ring (bicyclic) bond motifs is 3. The highest BCUT2D eigenvalue weighted by atomic mass is 16.5. The number of hydrogen-bond acceptors (Lipinski definition) is 1. The normalized spacial score (nSPS) is 11.9. The van der Waals surface area contributed by atoms with Gasteiger partial charge in [-0.05, 0) is 68.1 Å². The van der Waals surface area contributed by atoms with Crippen LogP contribution in [-0.2, 0) is 0 Å². The van der Waals surface area contributed by atoms with E-state index in [9.17, 15) is 0 Å². The van der Waals surface area contributed by atoms with Crippen LogP contribution in [0, 0.1) is 6.92 Å². The summed E-state index contributed by atoms with van der Waals surface area (Å²) in [5.41, 5.74) is 9.51. The van der Waals surface area contributed by atoms with E-state index in [0.29, 0.717) is 0 Å². The Labute approximate surface area is 282 Å². The standard InChI is InChI=1S/C46H35BO/c1-32-19-21-36(22-20-32)45(43-17-9-10-18-44(43)48-2)46(40-24-23-33-11-3-6-14-37(33)29-40)47(41-27-25-34-12-4-7-15-38(34)30-41)42-28-26-35-13-5-8-16-39(35)31-42/h3-31H,1-2H3/b46-45-. The van der Waals surface area contributed by atoms with Crippen molar-refractivity contribution < 1.29 is 4.74 Å². The highest BCUT2D eigenvalue weighted by Crippen LogP contribution is 2.39. The van der Waals surface area contributed by atoms with Crippen molar-refractivity contribution in [3.8, 4) is 5.75 Å². The van der Waals surface area contributed by atoms with Gasteiger partial charge in [0.05, 0.1) is 7.11 Å². The van der Waals surface area contributed by atoms with Crippen LogP contribution in [0.15, 0.2) is 176 Å². The maximum Gasteiger partial charge on any atom is 0.242 e. The predicted molar refractivity (Wildman–Crippen MR) is 207 cm³/mol. The van der Waals surface area contributed by atoms with Crippen molar-refractivity contribution in [3.05, 3.63) is 198 Å². The van der Waals surface area contributed by atoms with E-state index < -0.39 is 0 Å². The second-order valence-electron chi connectivity index (χ2n) is 12.6. The summed E-state index contributed by atoms with van der Waals surface area (Å²) in [7, 11) is 1.77. The Hall–Kier alpha value is -5.86. The molecule has 0 amide bonds. The maximum absolute atomic E-state index is 6.10. The van der Waals surface area contributed by atoms with Gasteiger partial charge in [0, 0.05) is 5.56 Å². The van der Waals surface area contributed by atoms with Crippen LogP contribution in [0.1, 0.15) is 22.3 Å². The molecule has 48 heavy (non-hydrogen) atoms. The average molecular weight is 615 g/mol. The summed E-state index contributed by atoms with van der Waals surface area (Å²) in [6, 6.07) is 64.2. The largest absolute Gasteiger partial charge is 0.496 e. The van der Waals surface area contributed by atoms with E-state index in [0.717, 1.165) is 22.4 Å². The van der Waals surface area contributed by atoms with Crippen LogP contribution in [0.3, 0.4) is 0 Å². The lowest BCUT2D eigenvalue weighted by molar-refractivity contribution is 0.413. The molecule has 2 heteroatoms. The Morgan fingerprint density at radius 3 is 1.46 bits per heavy atom. The lowest BCUT2D eigenvalue weighted by atomic mass is 9.34. The van der Waals surface area contributed by atoms with Crippen LogP contribution >= 0.6 is 0 Å². The molecule has 0 unspecified atom stereocenters. The fourth-order valence-corrected chi connectivity index (χ4v) is 7.14. The summed E-state index contributed by atoms with van der Waals surface area (Å²) in [5, 5.41) is 7.37. The zero-order valence-corrected chi connectivity index (χ0v) is 27.2. The zero-order valence-electron chi connectivity index (χ0n) is 27.2. The molecule has 0 bridgehead atoms. The first-order valence-corrected chi connectivity index (χ1v) is 16.6. The number of benzene rings is 8. The van der Waals surface area contributed by atoms with Crippen molar-refractivity contribution in [1.82, 2.24) is 0 Å². The van der Waals surface area contributed by atoms with Crippen LogP contribution < -0.4 is 15.7 Å². The quantitative estimate of drug-likeness (QED) is 0.128. The molecule has 0 N–H and O–H groups in total. The Kier molecular flexibility index (Phi) is 7.84. The minimum absolute atomic E-state index is 0.0958. The van der Waals surface area contributed by atoms with E-state index >= 15 is 0 Å². The molecule has 0 aliphatic heterocycles. The van der Waals surface area contributed by atoms with Crippen molar-refractivity contribution >= 4 is 61.0 Å². The minimum atomic E-state index is -0.0958. The molecule has 0 atom stereocenters. The highest BCUT2D eigenvalue weighted by Gasteiger charge is 2.31. The SMILES string of the molecule is COc1ccccc1/C(=C(\B(c1ccc2ccccc2c1)c1ccc2ccccc2c1)c1ccc2ccccc2c1)c1ccc(C)cc1. The van der Waals surface area contributed by atoms with Gasteiger partial charge in [0.2, 0.25) is 6.71 Å². The van der Waals surface area contributed by atoms with Gasteiger partial charge in [0.15, 0.2) is 0 Å². The Balaban J connectivity index is 1.54. The molecule has 0 heterocycles. The van der Waals surface area contributed by atoms with Crippen LogP contribution in [0.5, 0.6) is 5.75 Å². The van der Waals surface area contributed by atoms with Crippen LogP contribution in [0.25, 0.3) is 43.4 Å². The molecule has 8 aromatic carbocycles. The molecule has 0 fully saturated rings. The summed E-state index contributed by atoms with van der Waals surface area (Å²) in [6.45, 7) is 2.05. The van der Waals surface area contributed by atoms with Crippen molar-refractivity contribution in [1.29, 1.82) is 0 Å². The fraction of sp³-hybridized carbons (Fsp3) is 0.0435. The number of hydrogen-bond donors (Lipinski definition) is 0. The monoisotopic (exact) mass is 614 g/mol. The summed E-state index contributed by atoms with van der Waals surface area (Å²) in [4.78, 5) is 0. The first-order valence-electron chi connectivity index (χ1n) is 16.6. The van der Waals surface area contributed by atoms with Gasteiger partial charge in [-0.25, -0.2) is 0 Å². The van der Waals surface area contributed by atoms with Crippen molar-refractivity contribution in [2.75, 3.05) is 7.11 Å². The van der Waals surface area contributed by atoms with E-state index in [1.54, 1.807) is 7.11 Å². The first kappa shape index (κ1) is 29.5. The van der Waals surface area contributed by atoms with Crippen molar-refractivity contribution in [2.45, 2.75) is 6.92 Å². The van der Waals surface area contributed by atoms with E-state index in [4.69, 9.17) is 4.74 Å². The summed E-state index contributed by atoms with van der Waals surface area (Å²) in [6.07, 6.45) is 0. The van der Waals surface area contributed by atoms with Gasteiger partial charge in [-0.15, -0.1) is 0 Å². The number of aryl methyl sites for hydroxylation is 1. The third-order valence-electron chi connectivity index (χ3n) is 9.55. The van der Waals surface area contributed by atoms with Gasteiger partial charge in [-0.2, -0.15) is 0 Å². The predicted octanol–water partition coefficient (Wildman–Crippen LogP) is 10.3.